The largest absolute Gasteiger partial charge is 0.494 e. The normalized spacial score (nSPS) is 15.8. The fourth-order valence-electron chi connectivity index (χ4n) is 2.98. The summed E-state index contributed by atoms with van der Waals surface area (Å²) in [5, 5.41) is 6.06. The van der Waals surface area contributed by atoms with Gasteiger partial charge in [0, 0.05) is 32.1 Å². The van der Waals surface area contributed by atoms with E-state index in [1.165, 1.54) is 4.31 Å². The molecule has 2 N–H and O–H groups in total. The number of ether oxygens (including phenoxy) is 1. The molecule has 0 saturated carbocycles. The highest BCUT2D eigenvalue weighted by Crippen LogP contribution is 2.25. The van der Waals surface area contributed by atoms with E-state index >= 15 is 0 Å². The number of carbonyl (C=O) groups excluding carboxylic acids is 1. The molecule has 0 spiro atoms. The Bertz CT molecular complexity index is 674. The van der Waals surface area contributed by atoms with Gasteiger partial charge in [0.1, 0.15) is 5.75 Å². The number of piperidine rings is 1. The van der Waals surface area contributed by atoms with Crippen molar-refractivity contribution in [1.82, 2.24) is 14.9 Å². The number of hydrogen-bond acceptors (Lipinski definition) is 5. The Morgan fingerprint density at radius 1 is 1.15 bits per heavy atom. The number of sulfonamides is 1. The van der Waals surface area contributed by atoms with Gasteiger partial charge in [0.15, 0.2) is 0 Å². The van der Waals surface area contributed by atoms with Gasteiger partial charge >= 0.3 is 0 Å². The van der Waals surface area contributed by atoms with Gasteiger partial charge in [0.25, 0.3) is 0 Å². The molecule has 1 aromatic carbocycles. The Morgan fingerprint density at radius 3 is 2.33 bits per heavy atom. The Hall–Kier alpha value is -1.35. The minimum Gasteiger partial charge on any atom is -0.494 e. The van der Waals surface area contributed by atoms with Crippen LogP contribution in [0.3, 0.4) is 0 Å². The van der Waals surface area contributed by atoms with Crippen LogP contribution in [0.1, 0.15) is 26.7 Å². The van der Waals surface area contributed by atoms with Crippen LogP contribution in [0.15, 0.2) is 29.2 Å². The lowest BCUT2D eigenvalue weighted by molar-refractivity contribution is -0.126. The number of carbonyl (C=O) groups is 1. The van der Waals surface area contributed by atoms with Crippen molar-refractivity contribution in [2.24, 2.45) is 5.92 Å². The molecule has 1 saturated heterocycles. The predicted molar refractivity (Wildman–Crippen MR) is 108 cm³/mol. The van der Waals surface area contributed by atoms with Crippen LogP contribution in [0.5, 0.6) is 5.75 Å². The van der Waals surface area contributed by atoms with Crippen LogP contribution in [0.4, 0.5) is 0 Å². The Morgan fingerprint density at radius 2 is 1.78 bits per heavy atom. The molecule has 1 aliphatic rings. The molecule has 0 radical (unpaired) electrons. The quantitative estimate of drug-likeness (QED) is 0.594. The van der Waals surface area contributed by atoms with E-state index in [1.54, 1.807) is 24.3 Å². The first kappa shape index (κ1) is 23.7. The standard InChI is InChI=1S/C18H29N3O4S.ClH/c1-3-19-11-12-20-18(22)15-9-13-21(14-10-15)26(23,24)17-7-5-16(6-8-17)25-4-2;/h5-8,15,19H,3-4,9-14H2,1-2H3,(H,20,22);1H. The summed E-state index contributed by atoms with van der Waals surface area (Å²) in [6, 6.07) is 6.47. The second kappa shape index (κ2) is 11.5. The molecule has 1 amide bonds. The summed E-state index contributed by atoms with van der Waals surface area (Å²) in [5.74, 6) is 0.545. The van der Waals surface area contributed by atoms with Crippen LogP contribution in [0.2, 0.25) is 0 Å². The molecule has 0 unspecified atom stereocenters. The molecule has 0 aliphatic carbocycles. The number of benzene rings is 1. The fraction of sp³-hybridized carbons (Fsp3) is 0.611. The van der Waals surface area contributed by atoms with E-state index in [1.807, 2.05) is 13.8 Å². The van der Waals surface area contributed by atoms with E-state index in [0.29, 0.717) is 44.8 Å². The van der Waals surface area contributed by atoms with Crippen molar-refractivity contribution in [1.29, 1.82) is 0 Å². The van der Waals surface area contributed by atoms with Crippen molar-refractivity contribution in [2.75, 3.05) is 39.3 Å². The number of rotatable bonds is 9. The molecule has 0 bridgehead atoms. The van der Waals surface area contributed by atoms with Crippen LogP contribution >= 0.6 is 12.4 Å². The first-order valence-corrected chi connectivity index (χ1v) is 10.6. The third-order valence-electron chi connectivity index (χ3n) is 4.45. The number of nitrogens with zero attached hydrogens (tertiary/aromatic N) is 1. The number of nitrogens with one attached hydrogen (secondary N) is 2. The minimum atomic E-state index is -3.53. The van der Waals surface area contributed by atoms with Crippen LogP contribution in [0, 0.1) is 5.92 Å². The number of amides is 1. The summed E-state index contributed by atoms with van der Waals surface area (Å²) in [4.78, 5) is 12.4. The summed E-state index contributed by atoms with van der Waals surface area (Å²) in [5.41, 5.74) is 0. The summed E-state index contributed by atoms with van der Waals surface area (Å²) >= 11 is 0. The topological polar surface area (TPSA) is 87.7 Å². The Labute approximate surface area is 168 Å². The highest BCUT2D eigenvalue weighted by Gasteiger charge is 2.31. The van der Waals surface area contributed by atoms with Gasteiger partial charge in [0.2, 0.25) is 15.9 Å². The average Bonchev–Trinajstić information content (AvgIpc) is 2.66. The molecule has 9 heteroatoms. The molecular weight excluding hydrogens is 390 g/mol. The molecule has 0 aromatic heterocycles. The third-order valence-corrected chi connectivity index (χ3v) is 6.36. The second-order valence-electron chi connectivity index (χ2n) is 6.23. The molecule has 0 atom stereocenters. The van der Waals surface area contributed by atoms with E-state index < -0.39 is 10.0 Å². The highest BCUT2D eigenvalue weighted by atomic mass is 35.5. The van der Waals surface area contributed by atoms with Gasteiger partial charge in [-0.2, -0.15) is 4.31 Å². The molecule has 7 nitrogen and oxygen atoms in total. The van der Waals surface area contributed by atoms with E-state index in [2.05, 4.69) is 10.6 Å². The maximum Gasteiger partial charge on any atom is 0.243 e. The Kier molecular flexibility index (Phi) is 10.1. The van der Waals surface area contributed by atoms with Crippen LogP contribution < -0.4 is 15.4 Å². The SMILES string of the molecule is CCNCCNC(=O)C1CCN(S(=O)(=O)c2ccc(OCC)cc2)CC1.Cl. The van der Waals surface area contributed by atoms with Gasteiger partial charge in [0.05, 0.1) is 11.5 Å². The van der Waals surface area contributed by atoms with Crippen molar-refractivity contribution < 1.29 is 17.9 Å². The van der Waals surface area contributed by atoms with Gasteiger partial charge in [-0.3, -0.25) is 4.79 Å². The van der Waals surface area contributed by atoms with Crippen molar-refractivity contribution in [3.63, 3.8) is 0 Å². The average molecular weight is 420 g/mol. The lowest BCUT2D eigenvalue weighted by atomic mass is 9.97. The van der Waals surface area contributed by atoms with Gasteiger partial charge in [-0.15, -0.1) is 12.4 Å². The molecule has 1 heterocycles. The van der Waals surface area contributed by atoms with E-state index in [-0.39, 0.29) is 29.1 Å². The monoisotopic (exact) mass is 419 g/mol. The fourth-order valence-corrected chi connectivity index (χ4v) is 4.45. The van der Waals surface area contributed by atoms with Gasteiger partial charge in [-0.25, -0.2) is 8.42 Å². The molecule has 154 valence electrons. The van der Waals surface area contributed by atoms with Crippen LogP contribution in [-0.4, -0.2) is 58.0 Å². The number of halogens is 1. The number of hydrogen-bond donors (Lipinski definition) is 2. The minimum absolute atomic E-state index is 0. The zero-order valence-electron chi connectivity index (χ0n) is 15.9. The molecule has 2 rings (SSSR count). The second-order valence-corrected chi connectivity index (χ2v) is 8.17. The zero-order chi connectivity index (χ0) is 19.0. The van der Waals surface area contributed by atoms with Crippen molar-refractivity contribution in [2.45, 2.75) is 31.6 Å². The zero-order valence-corrected chi connectivity index (χ0v) is 17.6. The first-order valence-electron chi connectivity index (χ1n) is 9.20. The molecule has 27 heavy (non-hydrogen) atoms. The lowest BCUT2D eigenvalue weighted by Gasteiger charge is -2.30. The van der Waals surface area contributed by atoms with Gasteiger partial charge in [-0.05, 0) is 50.6 Å². The maximum atomic E-state index is 12.8. The summed E-state index contributed by atoms with van der Waals surface area (Å²) in [6.45, 7) is 7.37. The van der Waals surface area contributed by atoms with E-state index in [9.17, 15) is 13.2 Å². The van der Waals surface area contributed by atoms with Crippen LogP contribution in [-0.2, 0) is 14.8 Å². The summed E-state index contributed by atoms with van der Waals surface area (Å²) in [7, 11) is -3.53. The smallest absolute Gasteiger partial charge is 0.243 e. The summed E-state index contributed by atoms with van der Waals surface area (Å²) in [6.07, 6.45) is 1.09. The van der Waals surface area contributed by atoms with Crippen molar-refractivity contribution >= 4 is 28.3 Å². The van der Waals surface area contributed by atoms with Crippen LogP contribution in [0.25, 0.3) is 0 Å². The number of likely N-dealkylation sites (N-methyl/N-ethyl adjacent to an activating group) is 1. The van der Waals surface area contributed by atoms with Crippen molar-refractivity contribution in [3.05, 3.63) is 24.3 Å². The summed E-state index contributed by atoms with van der Waals surface area (Å²) < 4.78 is 32.3. The van der Waals surface area contributed by atoms with Gasteiger partial charge < -0.3 is 15.4 Å². The predicted octanol–water partition coefficient (Wildman–Crippen LogP) is 1.63. The maximum absolute atomic E-state index is 12.8. The van der Waals surface area contributed by atoms with E-state index in [0.717, 1.165) is 13.1 Å². The molecule has 1 aromatic rings. The Balaban J connectivity index is 0.00000364. The molecular formula is C18H30ClN3O4S. The molecule has 1 fully saturated rings. The highest BCUT2D eigenvalue weighted by molar-refractivity contribution is 7.89. The van der Waals surface area contributed by atoms with Crippen molar-refractivity contribution in [3.8, 4) is 5.75 Å². The van der Waals surface area contributed by atoms with Gasteiger partial charge in [-0.1, -0.05) is 6.92 Å². The lowest BCUT2D eigenvalue weighted by Crippen LogP contribution is -2.44. The third kappa shape index (κ3) is 6.64. The first-order chi connectivity index (χ1) is 12.5. The van der Waals surface area contributed by atoms with E-state index in [4.69, 9.17) is 4.74 Å². The molecule has 1 aliphatic heterocycles.